The van der Waals surface area contributed by atoms with Crippen molar-refractivity contribution in [3.05, 3.63) is 30.5 Å². The molecule has 19 heavy (non-hydrogen) atoms. The molecule has 0 amide bonds. The predicted molar refractivity (Wildman–Crippen MR) is 75.0 cm³/mol. The van der Waals surface area contributed by atoms with E-state index in [1.807, 2.05) is 35.0 Å². The second kappa shape index (κ2) is 5.97. The third-order valence-corrected chi connectivity index (χ3v) is 3.19. The number of fused-ring (bicyclic) bond motifs is 1. The van der Waals surface area contributed by atoms with Gasteiger partial charge in [-0.05, 0) is 24.6 Å². The Morgan fingerprint density at radius 1 is 1.47 bits per heavy atom. The summed E-state index contributed by atoms with van der Waals surface area (Å²) in [6.45, 7) is 2.95. The van der Waals surface area contributed by atoms with E-state index in [0.29, 0.717) is 6.61 Å². The highest BCUT2D eigenvalue weighted by Crippen LogP contribution is 2.27. The maximum atomic E-state index is 10.8. The minimum atomic E-state index is -1.01. The molecule has 1 atom stereocenters. The highest BCUT2D eigenvalue weighted by molar-refractivity contribution is 6.29. The minimum Gasteiger partial charge on any atom is -0.493 e. The number of rotatable bonds is 6. The van der Waals surface area contributed by atoms with E-state index in [-0.39, 0.29) is 6.54 Å². The molecule has 0 aliphatic heterocycles. The highest BCUT2D eigenvalue weighted by Gasteiger charge is 2.15. The molecule has 0 bridgehead atoms. The number of nitrogens with zero attached hydrogens (tertiary/aromatic N) is 1. The summed E-state index contributed by atoms with van der Waals surface area (Å²) in [5.41, 5.74) is 0.931. The van der Waals surface area contributed by atoms with E-state index in [1.54, 1.807) is 0 Å². The average Bonchev–Trinajstić information content (AvgIpc) is 2.80. The average molecular weight is 282 g/mol. The van der Waals surface area contributed by atoms with Crippen molar-refractivity contribution < 1.29 is 14.6 Å². The van der Waals surface area contributed by atoms with Gasteiger partial charge >= 0.3 is 5.97 Å². The van der Waals surface area contributed by atoms with Crippen LogP contribution in [0.4, 0.5) is 0 Å². The molecule has 1 aromatic heterocycles. The smallest absolute Gasteiger partial charge is 0.323 e. The van der Waals surface area contributed by atoms with Crippen LogP contribution in [-0.2, 0) is 11.3 Å². The zero-order valence-electron chi connectivity index (χ0n) is 10.7. The Labute approximate surface area is 116 Å². The molecule has 0 aliphatic carbocycles. The maximum absolute atomic E-state index is 10.8. The lowest BCUT2D eigenvalue weighted by atomic mass is 10.2. The molecule has 0 saturated carbocycles. The van der Waals surface area contributed by atoms with Gasteiger partial charge in [-0.3, -0.25) is 4.79 Å². The van der Waals surface area contributed by atoms with Gasteiger partial charge in [0.1, 0.15) is 11.1 Å². The number of benzene rings is 1. The number of ether oxygens (including phenoxy) is 1. The molecule has 1 unspecified atom stereocenters. The van der Waals surface area contributed by atoms with Gasteiger partial charge in [0.2, 0.25) is 0 Å². The fraction of sp³-hybridized carbons (Fsp3) is 0.357. The van der Waals surface area contributed by atoms with Gasteiger partial charge in [0.05, 0.1) is 12.1 Å². The van der Waals surface area contributed by atoms with Crippen LogP contribution in [0.3, 0.4) is 0 Å². The number of aliphatic carboxylic acids is 1. The van der Waals surface area contributed by atoms with Crippen molar-refractivity contribution in [3.8, 4) is 5.75 Å². The third kappa shape index (κ3) is 3.01. The van der Waals surface area contributed by atoms with Crippen molar-refractivity contribution in [2.75, 3.05) is 6.61 Å². The molecule has 2 rings (SSSR count). The summed E-state index contributed by atoms with van der Waals surface area (Å²) < 4.78 is 7.50. The number of halogens is 1. The zero-order chi connectivity index (χ0) is 13.8. The van der Waals surface area contributed by atoms with E-state index in [1.165, 1.54) is 0 Å². The molecule has 0 saturated heterocycles. The summed E-state index contributed by atoms with van der Waals surface area (Å²) in [5, 5.41) is 8.90. The predicted octanol–water partition coefficient (Wildman–Crippen LogP) is 3.12. The van der Waals surface area contributed by atoms with Gasteiger partial charge < -0.3 is 14.4 Å². The van der Waals surface area contributed by atoms with Crippen LogP contribution >= 0.6 is 11.6 Å². The fourth-order valence-corrected chi connectivity index (χ4v) is 2.09. The lowest BCUT2D eigenvalue weighted by Gasteiger charge is -2.09. The molecule has 0 fully saturated rings. The van der Waals surface area contributed by atoms with Gasteiger partial charge in [-0.1, -0.05) is 13.0 Å². The molecule has 5 heteroatoms. The van der Waals surface area contributed by atoms with E-state index in [4.69, 9.17) is 21.4 Å². The second-order valence-corrected chi connectivity index (χ2v) is 4.84. The van der Waals surface area contributed by atoms with E-state index in [2.05, 4.69) is 6.92 Å². The van der Waals surface area contributed by atoms with Crippen molar-refractivity contribution in [2.45, 2.75) is 25.3 Å². The van der Waals surface area contributed by atoms with Crippen LogP contribution in [0, 0.1) is 0 Å². The van der Waals surface area contributed by atoms with E-state index < -0.39 is 11.3 Å². The number of carboxylic acids is 1. The van der Waals surface area contributed by atoms with E-state index in [0.717, 1.165) is 23.1 Å². The molecule has 0 aliphatic rings. The second-order valence-electron chi connectivity index (χ2n) is 4.31. The summed E-state index contributed by atoms with van der Waals surface area (Å²) in [6.07, 6.45) is 2.78. The molecule has 1 N–H and O–H groups in total. The fourth-order valence-electron chi connectivity index (χ4n) is 1.94. The summed E-state index contributed by atoms with van der Waals surface area (Å²) in [7, 11) is 0. The Morgan fingerprint density at radius 2 is 2.26 bits per heavy atom. The first-order valence-electron chi connectivity index (χ1n) is 6.21. The standard InChI is InChI=1S/C14H16ClNO3/c1-2-8-19-13-5-3-4-12-10(13)6-7-16(12)9-11(15)14(17)18/h3-7,11H,2,8-9H2,1H3,(H,17,18). The van der Waals surface area contributed by atoms with Gasteiger partial charge in [0, 0.05) is 18.1 Å². The third-order valence-electron chi connectivity index (χ3n) is 2.86. The first kappa shape index (κ1) is 13.7. The maximum Gasteiger partial charge on any atom is 0.323 e. The van der Waals surface area contributed by atoms with Gasteiger partial charge in [0.25, 0.3) is 0 Å². The van der Waals surface area contributed by atoms with Crippen molar-refractivity contribution in [3.63, 3.8) is 0 Å². The summed E-state index contributed by atoms with van der Waals surface area (Å²) in [4.78, 5) is 10.8. The summed E-state index contributed by atoms with van der Waals surface area (Å²) >= 11 is 5.78. The first-order chi connectivity index (χ1) is 9.13. The molecular weight excluding hydrogens is 266 g/mol. The minimum absolute atomic E-state index is 0.234. The molecule has 1 aromatic carbocycles. The lowest BCUT2D eigenvalue weighted by molar-refractivity contribution is -0.136. The Kier molecular flexibility index (Phi) is 4.32. The van der Waals surface area contributed by atoms with Crippen LogP contribution in [0.2, 0.25) is 0 Å². The first-order valence-corrected chi connectivity index (χ1v) is 6.64. The highest BCUT2D eigenvalue weighted by atomic mass is 35.5. The monoisotopic (exact) mass is 281 g/mol. The Bertz CT molecular complexity index is 579. The summed E-state index contributed by atoms with van der Waals surface area (Å²) in [6, 6.07) is 7.66. The lowest BCUT2D eigenvalue weighted by Crippen LogP contribution is -2.19. The van der Waals surface area contributed by atoms with Crippen molar-refractivity contribution >= 4 is 28.5 Å². The molecule has 0 radical (unpaired) electrons. The quantitative estimate of drug-likeness (QED) is 0.828. The number of carboxylic acid groups (broad SMARTS) is 1. The Hall–Kier alpha value is -1.68. The van der Waals surface area contributed by atoms with E-state index >= 15 is 0 Å². The molecule has 1 heterocycles. The summed E-state index contributed by atoms with van der Waals surface area (Å²) in [5.74, 6) is -0.193. The molecular formula is C14H16ClNO3. The molecule has 0 spiro atoms. The number of aromatic nitrogens is 1. The molecule has 2 aromatic rings. The van der Waals surface area contributed by atoms with Crippen LogP contribution in [0.25, 0.3) is 10.9 Å². The normalized spacial score (nSPS) is 12.5. The van der Waals surface area contributed by atoms with Gasteiger partial charge in [-0.25, -0.2) is 0 Å². The SMILES string of the molecule is CCCOc1cccc2c1ccn2CC(Cl)C(=O)O. The molecule has 4 nitrogen and oxygen atoms in total. The largest absolute Gasteiger partial charge is 0.493 e. The van der Waals surface area contributed by atoms with Crippen LogP contribution in [0.5, 0.6) is 5.75 Å². The molecule has 102 valence electrons. The Morgan fingerprint density at radius 3 is 2.95 bits per heavy atom. The number of carbonyl (C=O) groups is 1. The Balaban J connectivity index is 2.30. The van der Waals surface area contributed by atoms with Crippen molar-refractivity contribution in [1.29, 1.82) is 0 Å². The van der Waals surface area contributed by atoms with Gasteiger partial charge in [0.15, 0.2) is 0 Å². The number of hydrogen-bond donors (Lipinski definition) is 1. The number of hydrogen-bond acceptors (Lipinski definition) is 2. The van der Waals surface area contributed by atoms with Crippen LogP contribution in [-0.4, -0.2) is 27.6 Å². The van der Waals surface area contributed by atoms with E-state index in [9.17, 15) is 4.79 Å². The zero-order valence-corrected chi connectivity index (χ0v) is 11.4. The number of alkyl halides is 1. The topological polar surface area (TPSA) is 51.5 Å². The van der Waals surface area contributed by atoms with Crippen LogP contribution in [0.1, 0.15) is 13.3 Å². The van der Waals surface area contributed by atoms with Gasteiger partial charge in [-0.15, -0.1) is 11.6 Å². The van der Waals surface area contributed by atoms with Crippen molar-refractivity contribution in [1.82, 2.24) is 4.57 Å². The van der Waals surface area contributed by atoms with Gasteiger partial charge in [-0.2, -0.15) is 0 Å². The van der Waals surface area contributed by atoms with Crippen LogP contribution < -0.4 is 4.74 Å². The van der Waals surface area contributed by atoms with Crippen molar-refractivity contribution in [2.24, 2.45) is 0 Å². The van der Waals surface area contributed by atoms with Crippen LogP contribution in [0.15, 0.2) is 30.5 Å².